The molecule has 2 amide bonds. The van der Waals surface area contributed by atoms with Crippen molar-refractivity contribution in [3.8, 4) is 0 Å². The summed E-state index contributed by atoms with van der Waals surface area (Å²) in [6, 6.07) is 12.3. The molecule has 2 heterocycles. The van der Waals surface area contributed by atoms with Crippen LogP contribution in [0.25, 0.3) is 17.0 Å². The van der Waals surface area contributed by atoms with E-state index in [9.17, 15) is 9.59 Å². The van der Waals surface area contributed by atoms with Gasteiger partial charge in [-0.3, -0.25) is 14.6 Å². The first kappa shape index (κ1) is 21.4. The SMILES string of the molecule is CN(C)C(=O)c1ccnc2ccc(C=C3SC(=Nc4c(Cl)cccc4Cl)NC3=O)cc12. The lowest BCUT2D eigenvalue weighted by Crippen LogP contribution is -2.22. The Bertz CT molecular complexity index is 1270. The molecule has 0 atom stereocenters. The highest BCUT2D eigenvalue weighted by molar-refractivity contribution is 8.18. The van der Waals surface area contributed by atoms with Crippen LogP contribution in [-0.2, 0) is 4.79 Å². The van der Waals surface area contributed by atoms with Crippen molar-refractivity contribution in [2.45, 2.75) is 0 Å². The number of thioether (sulfide) groups is 1. The third-order valence-electron chi connectivity index (χ3n) is 4.50. The molecule has 0 aliphatic carbocycles. The minimum Gasteiger partial charge on any atom is -0.345 e. The second-order valence-corrected chi connectivity index (χ2v) is 8.73. The standard InChI is InChI=1S/C22H16Cl2N4O2S/c1-28(2)21(30)13-8-9-25-17-7-6-12(10-14(13)17)11-18-20(29)27-22(31-18)26-19-15(23)4-3-5-16(19)24/h3-11H,1-2H3,(H,26,27,29). The topological polar surface area (TPSA) is 74.7 Å². The Morgan fingerprint density at radius 1 is 1.16 bits per heavy atom. The van der Waals surface area contributed by atoms with Gasteiger partial charge in [0.2, 0.25) is 0 Å². The summed E-state index contributed by atoms with van der Waals surface area (Å²) in [5.41, 5.74) is 2.42. The van der Waals surface area contributed by atoms with Crippen LogP contribution in [-0.4, -0.2) is 41.0 Å². The van der Waals surface area contributed by atoms with Gasteiger partial charge in [0.1, 0.15) is 5.69 Å². The highest BCUT2D eigenvalue weighted by Crippen LogP contribution is 2.35. The Morgan fingerprint density at radius 3 is 2.61 bits per heavy atom. The summed E-state index contributed by atoms with van der Waals surface area (Å²) in [4.78, 5) is 35.7. The van der Waals surface area contributed by atoms with Crippen molar-refractivity contribution < 1.29 is 9.59 Å². The maximum atomic E-state index is 12.5. The van der Waals surface area contributed by atoms with Gasteiger partial charge in [-0.2, -0.15) is 0 Å². The molecule has 1 aliphatic heterocycles. The quantitative estimate of drug-likeness (QED) is 0.538. The van der Waals surface area contributed by atoms with E-state index >= 15 is 0 Å². The Balaban J connectivity index is 1.69. The summed E-state index contributed by atoms with van der Waals surface area (Å²) in [6.07, 6.45) is 3.35. The fourth-order valence-electron chi connectivity index (χ4n) is 3.01. The van der Waals surface area contributed by atoms with Gasteiger partial charge >= 0.3 is 0 Å². The predicted molar refractivity (Wildman–Crippen MR) is 127 cm³/mol. The van der Waals surface area contributed by atoms with Gasteiger partial charge in [0.05, 0.1) is 26.0 Å². The summed E-state index contributed by atoms with van der Waals surface area (Å²) in [6.45, 7) is 0. The first-order chi connectivity index (χ1) is 14.8. The number of nitrogens with zero attached hydrogens (tertiary/aromatic N) is 3. The maximum Gasteiger partial charge on any atom is 0.264 e. The number of hydrogen-bond donors (Lipinski definition) is 1. The molecule has 1 saturated heterocycles. The van der Waals surface area contributed by atoms with Crippen LogP contribution in [0.2, 0.25) is 10.0 Å². The number of carbonyl (C=O) groups is 2. The molecule has 0 spiro atoms. The van der Waals surface area contributed by atoms with Crippen LogP contribution in [0.15, 0.2) is 58.6 Å². The molecule has 1 fully saturated rings. The molecule has 1 aliphatic rings. The van der Waals surface area contributed by atoms with Crippen molar-refractivity contribution in [3.05, 3.63) is 74.7 Å². The fraction of sp³-hybridized carbons (Fsp3) is 0.0909. The number of pyridine rings is 1. The second kappa shape index (κ2) is 8.70. The van der Waals surface area contributed by atoms with Crippen molar-refractivity contribution in [1.29, 1.82) is 0 Å². The lowest BCUT2D eigenvalue weighted by molar-refractivity contribution is -0.115. The van der Waals surface area contributed by atoms with E-state index in [1.165, 1.54) is 16.7 Å². The number of rotatable bonds is 3. The van der Waals surface area contributed by atoms with Gasteiger partial charge in [0.15, 0.2) is 5.17 Å². The van der Waals surface area contributed by atoms with E-state index in [-0.39, 0.29) is 11.8 Å². The number of aromatic nitrogens is 1. The number of halogens is 2. The van der Waals surface area contributed by atoms with E-state index in [1.54, 1.807) is 50.6 Å². The fourth-order valence-corrected chi connectivity index (χ4v) is 4.32. The smallest absolute Gasteiger partial charge is 0.264 e. The number of hydrogen-bond acceptors (Lipinski definition) is 5. The van der Waals surface area contributed by atoms with Gasteiger partial charge < -0.3 is 10.2 Å². The van der Waals surface area contributed by atoms with Crippen molar-refractivity contribution in [3.63, 3.8) is 0 Å². The summed E-state index contributed by atoms with van der Waals surface area (Å²) in [5, 5.41) is 4.62. The van der Waals surface area contributed by atoms with Crippen LogP contribution in [0.4, 0.5) is 5.69 Å². The monoisotopic (exact) mass is 470 g/mol. The van der Waals surface area contributed by atoms with Crippen LogP contribution >= 0.6 is 35.0 Å². The largest absolute Gasteiger partial charge is 0.345 e. The molecular weight excluding hydrogens is 455 g/mol. The highest BCUT2D eigenvalue weighted by atomic mass is 35.5. The molecule has 31 heavy (non-hydrogen) atoms. The van der Waals surface area contributed by atoms with E-state index in [0.29, 0.717) is 36.9 Å². The normalized spacial score (nSPS) is 16.2. The Labute approximate surface area is 193 Å². The highest BCUT2D eigenvalue weighted by Gasteiger charge is 2.24. The van der Waals surface area contributed by atoms with Crippen LogP contribution in [0, 0.1) is 0 Å². The third-order valence-corrected chi connectivity index (χ3v) is 6.02. The number of amidine groups is 1. The molecule has 156 valence electrons. The van der Waals surface area contributed by atoms with Gasteiger partial charge in [-0.05, 0) is 53.7 Å². The number of amides is 2. The van der Waals surface area contributed by atoms with E-state index < -0.39 is 0 Å². The average Bonchev–Trinajstić information content (AvgIpc) is 3.08. The average molecular weight is 471 g/mol. The molecule has 1 aromatic heterocycles. The molecule has 4 rings (SSSR count). The molecule has 6 nitrogen and oxygen atoms in total. The number of fused-ring (bicyclic) bond motifs is 1. The summed E-state index contributed by atoms with van der Waals surface area (Å²) in [7, 11) is 3.40. The van der Waals surface area contributed by atoms with Gasteiger partial charge in [0, 0.05) is 25.7 Å². The van der Waals surface area contributed by atoms with Crippen LogP contribution in [0.1, 0.15) is 15.9 Å². The van der Waals surface area contributed by atoms with Crippen molar-refractivity contribution in [1.82, 2.24) is 15.2 Å². The molecule has 9 heteroatoms. The number of carbonyl (C=O) groups excluding carboxylic acids is 2. The number of nitrogens with one attached hydrogen (secondary N) is 1. The zero-order chi connectivity index (χ0) is 22.1. The number of para-hydroxylation sites is 1. The predicted octanol–water partition coefficient (Wildman–Crippen LogP) is 5.14. The summed E-state index contributed by atoms with van der Waals surface area (Å²) < 4.78 is 0. The van der Waals surface area contributed by atoms with Crippen molar-refractivity contribution in [2.24, 2.45) is 4.99 Å². The molecule has 3 aromatic rings. The molecule has 0 unspecified atom stereocenters. The van der Waals surface area contributed by atoms with Gasteiger partial charge in [-0.1, -0.05) is 35.3 Å². The van der Waals surface area contributed by atoms with E-state index in [4.69, 9.17) is 23.2 Å². The Hall–Kier alpha value is -2.87. The first-order valence-electron chi connectivity index (χ1n) is 9.17. The van der Waals surface area contributed by atoms with Crippen LogP contribution < -0.4 is 5.32 Å². The number of benzene rings is 2. The third kappa shape index (κ3) is 4.44. The maximum absolute atomic E-state index is 12.5. The van der Waals surface area contributed by atoms with E-state index in [1.807, 2.05) is 18.2 Å². The van der Waals surface area contributed by atoms with E-state index in [0.717, 1.165) is 10.9 Å². The zero-order valence-electron chi connectivity index (χ0n) is 16.5. The molecule has 0 bridgehead atoms. The zero-order valence-corrected chi connectivity index (χ0v) is 18.8. The van der Waals surface area contributed by atoms with Gasteiger partial charge in [-0.25, -0.2) is 4.99 Å². The summed E-state index contributed by atoms with van der Waals surface area (Å²) in [5.74, 6) is -0.390. The van der Waals surface area contributed by atoms with Gasteiger partial charge in [-0.15, -0.1) is 0 Å². The molecule has 0 radical (unpaired) electrons. The summed E-state index contributed by atoms with van der Waals surface area (Å²) >= 11 is 13.5. The van der Waals surface area contributed by atoms with Crippen molar-refractivity contribution >= 4 is 74.6 Å². The lowest BCUT2D eigenvalue weighted by Gasteiger charge is -2.12. The molecule has 0 saturated carbocycles. The number of aliphatic imine (C=N–C) groups is 1. The Morgan fingerprint density at radius 2 is 1.90 bits per heavy atom. The van der Waals surface area contributed by atoms with Crippen molar-refractivity contribution in [2.75, 3.05) is 14.1 Å². The van der Waals surface area contributed by atoms with E-state index in [2.05, 4.69) is 15.3 Å². The molecular formula is C22H16Cl2N4O2S. The van der Waals surface area contributed by atoms with Crippen LogP contribution in [0.3, 0.4) is 0 Å². The lowest BCUT2D eigenvalue weighted by atomic mass is 10.0. The van der Waals surface area contributed by atoms with Gasteiger partial charge in [0.25, 0.3) is 11.8 Å². The minimum atomic E-state index is -0.275. The Kier molecular flexibility index (Phi) is 6.00. The second-order valence-electron chi connectivity index (χ2n) is 6.89. The van der Waals surface area contributed by atoms with Crippen LogP contribution in [0.5, 0.6) is 0 Å². The minimum absolute atomic E-state index is 0.115. The molecule has 2 aromatic carbocycles. The first-order valence-corrected chi connectivity index (χ1v) is 10.7. The molecule has 1 N–H and O–H groups in total.